The van der Waals surface area contributed by atoms with Gasteiger partial charge in [0.2, 0.25) is 0 Å². The first kappa shape index (κ1) is 18.6. The number of aromatic nitrogens is 1. The van der Waals surface area contributed by atoms with Gasteiger partial charge in [0.1, 0.15) is 5.82 Å². The maximum Gasteiger partial charge on any atom is 0.263 e. The van der Waals surface area contributed by atoms with E-state index in [1.165, 1.54) is 46.7 Å². The largest absolute Gasteiger partial charge is 0.308 e. The molecule has 1 aromatic heterocycles. The molecule has 0 saturated heterocycles. The van der Waals surface area contributed by atoms with Crippen molar-refractivity contribution in [3.05, 3.63) is 71.0 Å². The van der Waals surface area contributed by atoms with E-state index in [1.54, 1.807) is 23.6 Å². The van der Waals surface area contributed by atoms with Crippen molar-refractivity contribution in [2.75, 3.05) is 16.2 Å². The van der Waals surface area contributed by atoms with Crippen LogP contribution >= 0.6 is 11.3 Å². The van der Waals surface area contributed by atoms with E-state index in [-0.39, 0.29) is 15.6 Å². The third-order valence-corrected chi connectivity index (χ3v) is 6.64. The summed E-state index contributed by atoms with van der Waals surface area (Å²) in [6.07, 6.45) is 2.81. The fourth-order valence-corrected chi connectivity index (χ4v) is 5.02. The van der Waals surface area contributed by atoms with Crippen LogP contribution < -0.4 is 9.62 Å². The first-order valence-electron chi connectivity index (χ1n) is 8.57. The average molecular weight is 417 g/mol. The normalized spacial score (nSPS) is 13.8. The molecule has 1 amide bonds. The van der Waals surface area contributed by atoms with Gasteiger partial charge in [0, 0.05) is 23.8 Å². The van der Waals surface area contributed by atoms with Crippen LogP contribution in [0.1, 0.15) is 22.3 Å². The molecule has 0 fully saturated rings. The van der Waals surface area contributed by atoms with Crippen LogP contribution in [0.5, 0.6) is 0 Å². The molecular weight excluding hydrogens is 401 g/mol. The number of thiazole rings is 1. The van der Waals surface area contributed by atoms with Crippen LogP contribution in [-0.2, 0) is 16.4 Å². The summed E-state index contributed by atoms with van der Waals surface area (Å²) >= 11 is 1.19. The van der Waals surface area contributed by atoms with Gasteiger partial charge in [-0.2, -0.15) is 0 Å². The number of nitrogens with zero attached hydrogens (tertiary/aromatic N) is 2. The first-order chi connectivity index (χ1) is 13.5. The van der Waals surface area contributed by atoms with Crippen LogP contribution in [0.25, 0.3) is 0 Å². The average Bonchev–Trinajstić information content (AvgIpc) is 3.19. The zero-order valence-corrected chi connectivity index (χ0v) is 16.3. The number of nitrogens with one attached hydrogen (secondary N) is 1. The summed E-state index contributed by atoms with van der Waals surface area (Å²) in [5, 5.41) is 1.96. The minimum atomic E-state index is -3.78. The minimum absolute atomic E-state index is 0.00233. The zero-order chi connectivity index (χ0) is 19.7. The predicted octanol–water partition coefficient (Wildman–Crippen LogP) is 3.68. The van der Waals surface area contributed by atoms with E-state index in [9.17, 15) is 17.6 Å². The van der Waals surface area contributed by atoms with Gasteiger partial charge in [0.15, 0.2) is 5.13 Å². The number of carbonyl (C=O) groups is 1. The van der Waals surface area contributed by atoms with Crippen molar-refractivity contribution in [3.63, 3.8) is 0 Å². The molecule has 3 aromatic rings. The van der Waals surface area contributed by atoms with E-state index < -0.39 is 21.7 Å². The van der Waals surface area contributed by atoms with Crippen LogP contribution in [-0.4, -0.2) is 25.9 Å². The topological polar surface area (TPSA) is 79.4 Å². The van der Waals surface area contributed by atoms with Gasteiger partial charge < -0.3 is 4.90 Å². The molecule has 1 aliphatic heterocycles. The Bertz CT molecular complexity index is 1130. The van der Waals surface area contributed by atoms with Gasteiger partial charge in [-0.1, -0.05) is 12.1 Å². The molecule has 0 aliphatic carbocycles. The highest BCUT2D eigenvalue weighted by molar-refractivity contribution is 7.93. The monoisotopic (exact) mass is 417 g/mol. The van der Waals surface area contributed by atoms with Gasteiger partial charge in [-0.15, -0.1) is 11.3 Å². The van der Waals surface area contributed by atoms with Gasteiger partial charge in [0.05, 0.1) is 10.5 Å². The highest BCUT2D eigenvalue weighted by Gasteiger charge is 2.27. The number of aryl methyl sites for hydroxylation is 1. The zero-order valence-electron chi connectivity index (χ0n) is 14.6. The van der Waals surface area contributed by atoms with Gasteiger partial charge in [-0.3, -0.25) is 9.52 Å². The Morgan fingerprint density at radius 2 is 2.04 bits per heavy atom. The summed E-state index contributed by atoms with van der Waals surface area (Å²) in [4.78, 5) is 18.4. The molecule has 2 aromatic carbocycles. The second kappa shape index (κ2) is 7.33. The van der Waals surface area contributed by atoms with Gasteiger partial charge in [-0.05, 0) is 48.7 Å². The van der Waals surface area contributed by atoms with Crippen molar-refractivity contribution in [2.24, 2.45) is 0 Å². The number of fused-ring (bicyclic) bond motifs is 1. The second-order valence-electron chi connectivity index (χ2n) is 6.27. The van der Waals surface area contributed by atoms with Crippen molar-refractivity contribution in [1.29, 1.82) is 0 Å². The van der Waals surface area contributed by atoms with Crippen molar-refractivity contribution in [3.8, 4) is 0 Å². The van der Waals surface area contributed by atoms with E-state index in [0.717, 1.165) is 5.56 Å². The van der Waals surface area contributed by atoms with Crippen molar-refractivity contribution in [1.82, 2.24) is 4.98 Å². The molecule has 144 valence electrons. The summed E-state index contributed by atoms with van der Waals surface area (Å²) in [5.74, 6) is -1.01. The number of halogens is 1. The first-order valence-corrected chi connectivity index (χ1v) is 10.9. The van der Waals surface area contributed by atoms with E-state index >= 15 is 0 Å². The third kappa shape index (κ3) is 3.50. The number of sulfonamides is 1. The lowest BCUT2D eigenvalue weighted by molar-refractivity contribution is 0.0981. The number of anilines is 2. The van der Waals surface area contributed by atoms with Crippen LogP contribution in [0.15, 0.2) is 58.9 Å². The molecule has 2 heterocycles. The van der Waals surface area contributed by atoms with E-state index in [4.69, 9.17) is 0 Å². The Balaban J connectivity index is 1.66. The van der Waals surface area contributed by atoms with Crippen LogP contribution in [0.2, 0.25) is 0 Å². The van der Waals surface area contributed by atoms with Crippen molar-refractivity contribution < 1.29 is 17.6 Å². The number of hydrogen-bond donors (Lipinski definition) is 1. The lowest BCUT2D eigenvalue weighted by atomic mass is 10.0. The third-order valence-electron chi connectivity index (χ3n) is 4.48. The summed E-state index contributed by atoms with van der Waals surface area (Å²) in [6.45, 7) is 0.448. The SMILES string of the molecule is O=C(c1ccccc1F)N1CCCc2cc(S(=O)(=O)Nc3nccs3)ccc21. The molecule has 0 radical (unpaired) electrons. The predicted molar refractivity (Wildman–Crippen MR) is 106 cm³/mol. The summed E-state index contributed by atoms with van der Waals surface area (Å²) < 4.78 is 41.7. The molecule has 0 spiro atoms. The molecule has 4 rings (SSSR count). The molecule has 9 heteroatoms. The number of hydrogen-bond acceptors (Lipinski definition) is 5. The van der Waals surface area contributed by atoms with Crippen LogP contribution in [0.3, 0.4) is 0 Å². The van der Waals surface area contributed by atoms with E-state index in [1.807, 2.05) is 0 Å². The lowest BCUT2D eigenvalue weighted by Crippen LogP contribution is -2.36. The number of rotatable bonds is 4. The smallest absolute Gasteiger partial charge is 0.263 e. The Labute approximate surface area is 165 Å². The minimum Gasteiger partial charge on any atom is -0.308 e. The van der Waals surface area contributed by atoms with Gasteiger partial charge >= 0.3 is 0 Å². The van der Waals surface area contributed by atoms with E-state index in [2.05, 4.69) is 9.71 Å². The Morgan fingerprint density at radius 1 is 1.21 bits per heavy atom. The second-order valence-corrected chi connectivity index (χ2v) is 8.85. The van der Waals surface area contributed by atoms with E-state index in [0.29, 0.717) is 25.1 Å². The maximum absolute atomic E-state index is 14.0. The molecule has 0 saturated carbocycles. The number of amides is 1. The maximum atomic E-state index is 14.0. The lowest BCUT2D eigenvalue weighted by Gasteiger charge is -2.30. The standard InChI is InChI=1S/C19H16FN3O3S2/c20-16-6-2-1-5-15(16)18(24)23-10-3-4-13-12-14(7-8-17(13)23)28(25,26)22-19-21-9-11-27-19/h1-2,5-9,11-12H,3-4,10H2,(H,21,22). The van der Waals surface area contributed by atoms with Crippen molar-refractivity contribution in [2.45, 2.75) is 17.7 Å². The van der Waals surface area contributed by atoms with Gasteiger partial charge in [-0.25, -0.2) is 17.8 Å². The molecule has 28 heavy (non-hydrogen) atoms. The summed E-state index contributed by atoms with van der Waals surface area (Å²) in [7, 11) is -3.78. The van der Waals surface area contributed by atoms with Gasteiger partial charge in [0.25, 0.3) is 15.9 Å². The number of carbonyl (C=O) groups excluding carboxylic acids is 1. The molecule has 6 nitrogen and oxygen atoms in total. The highest BCUT2D eigenvalue weighted by atomic mass is 32.2. The molecular formula is C19H16FN3O3S2. The molecule has 0 unspecified atom stereocenters. The van der Waals surface area contributed by atoms with Crippen LogP contribution in [0, 0.1) is 5.82 Å². The fourth-order valence-electron chi connectivity index (χ4n) is 3.18. The summed E-state index contributed by atoms with van der Waals surface area (Å²) in [5.41, 5.74) is 1.34. The molecule has 0 bridgehead atoms. The number of benzene rings is 2. The Hall–Kier alpha value is -2.78. The quantitative estimate of drug-likeness (QED) is 0.702. The Morgan fingerprint density at radius 3 is 2.79 bits per heavy atom. The molecule has 1 N–H and O–H groups in total. The fraction of sp³-hybridized carbons (Fsp3) is 0.158. The van der Waals surface area contributed by atoms with Crippen LogP contribution in [0.4, 0.5) is 15.2 Å². The summed E-state index contributed by atoms with van der Waals surface area (Å²) in [6, 6.07) is 10.4. The molecule has 1 aliphatic rings. The highest BCUT2D eigenvalue weighted by Crippen LogP contribution is 2.31. The van der Waals surface area contributed by atoms with Crippen molar-refractivity contribution >= 4 is 38.1 Å². The molecule has 0 atom stereocenters. The Kier molecular flexibility index (Phi) is 4.86.